The van der Waals surface area contributed by atoms with Crippen LogP contribution >= 0.6 is 23.5 Å². The summed E-state index contributed by atoms with van der Waals surface area (Å²) in [6.45, 7) is 2.00. The Kier molecular flexibility index (Phi) is 5.00. The topological polar surface area (TPSA) is 56.1 Å². The molecular formula is C24H19N3O2S2. The third kappa shape index (κ3) is 3.60. The minimum absolute atomic E-state index is 0.0877. The molecule has 2 aliphatic rings. The second-order valence-corrected chi connectivity index (χ2v) is 9.26. The van der Waals surface area contributed by atoms with E-state index in [1.165, 1.54) is 11.8 Å². The molecule has 1 fully saturated rings. The number of hydrogen-bond donors (Lipinski definition) is 1. The van der Waals surface area contributed by atoms with Crippen LogP contribution in [0.1, 0.15) is 5.56 Å². The molecule has 0 spiro atoms. The number of phenols is 1. The smallest absolute Gasteiger partial charge is 0.274 e. The Bertz CT molecular complexity index is 1250. The summed E-state index contributed by atoms with van der Waals surface area (Å²) in [6.07, 6.45) is 0. The van der Waals surface area contributed by atoms with Gasteiger partial charge in [-0.2, -0.15) is 0 Å². The molecule has 0 bridgehead atoms. The number of carbonyl (C=O) groups is 1. The summed E-state index contributed by atoms with van der Waals surface area (Å²) in [5.41, 5.74) is 3.62. The summed E-state index contributed by atoms with van der Waals surface area (Å²) in [4.78, 5) is 23.9. The third-order valence-corrected chi connectivity index (χ3v) is 7.44. The van der Waals surface area contributed by atoms with Crippen LogP contribution in [0.4, 0.5) is 17.1 Å². The van der Waals surface area contributed by atoms with E-state index in [0.29, 0.717) is 15.8 Å². The number of aliphatic imine (C=N–C) groups is 1. The van der Waals surface area contributed by atoms with Gasteiger partial charge in [0.05, 0.1) is 22.1 Å². The zero-order chi connectivity index (χ0) is 21.5. The van der Waals surface area contributed by atoms with Crippen molar-refractivity contribution in [3.05, 3.63) is 88.3 Å². The summed E-state index contributed by atoms with van der Waals surface area (Å²) in [6, 6.07) is 22.6. The number of amides is 1. The van der Waals surface area contributed by atoms with Crippen LogP contribution in [0.3, 0.4) is 0 Å². The number of aromatic hydroxyl groups is 1. The van der Waals surface area contributed by atoms with E-state index in [1.54, 1.807) is 40.9 Å². The van der Waals surface area contributed by atoms with Crippen molar-refractivity contribution in [2.45, 2.75) is 11.8 Å². The number of aryl methyl sites for hydroxylation is 1. The molecule has 5 nitrogen and oxygen atoms in total. The third-order valence-electron chi connectivity index (χ3n) is 5.05. The predicted molar refractivity (Wildman–Crippen MR) is 129 cm³/mol. The Morgan fingerprint density at radius 1 is 0.935 bits per heavy atom. The van der Waals surface area contributed by atoms with Crippen LogP contribution in [-0.2, 0) is 4.79 Å². The van der Waals surface area contributed by atoms with Gasteiger partial charge in [-0.05, 0) is 72.8 Å². The summed E-state index contributed by atoms with van der Waals surface area (Å²) in [5, 5.41) is 11.1. The van der Waals surface area contributed by atoms with Gasteiger partial charge in [-0.1, -0.05) is 36.0 Å². The molecule has 7 heteroatoms. The van der Waals surface area contributed by atoms with E-state index >= 15 is 0 Å². The minimum Gasteiger partial charge on any atom is -0.508 e. The average Bonchev–Trinajstić information content (AvgIpc) is 3.26. The summed E-state index contributed by atoms with van der Waals surface area (Å²) >= 11 is 2.98. The van der Waals surface area contributed by atoms with E-state index in [1.807, 2.05) is 50.4 Å². The van der Waals surface area contributed by atoms with Crippen LogP contribution < -0.4 is 9.80 Å². The van der Waals surface area contributed by atoms with E-state index in [9.17, 15) is 9.90 Å². The van der Waals surface area contributed by atoms with Crippen molar-refractivity contribution in [1.82, 2.24) is 0 Å². The highest BCUT2D eigenvalue weighted by atomic mass is 32.2. The number of amidine groups is 1. The number of anilines is 2. The van der Waals surface area contributed by atoms with Crippen LogP contribution in [0.25, 0.3) is 0 Å². The highest BCUT2D eigenvalue weighted by Crippen LogP contribution is 2.50. The zero-order valence-electron chi connectivity index (χ0n) is 16.9. The molecule has 1 amide bonds. The van der Waals surface area contributed by atoms with E-state index in [2.05, 4.69) is 17.0 Å². The van der Waals surface area contributed by atoms with E-state index in [4.69, 9.17) is 4.99 Å². The molecule has 0 saturated carbocycles. The molecule has 31 heavy (non-hydrogen) atoms. The Morgan fingerprint density at radius 2 is 1.71 bits per heavy atom. The molecule has 1 N–H and O–H groups in total. The Balaban J connectivity index is 1.62. The van der Waals surface area contributed by atoms with Gasteiger partial charge in [-0.25, -0.2) is 4.99 Å². The number of hydrogen-bond acceptors (Lipinski definition) is 6. The lowest BCUT2D eigenvalue weighted by molar-refractivity contribution is -0.113. The molecule has 0 unspecified atom stereocenters. The SMILES string of the molecule is Cc1cccc(N2C(=O)/C(=C3/Sc4ccccc4N3C)SC2=Nc2ccc(O)cc2)c1. The van der Waals surface area contributed by atoms with Gasteiger partial charge in [0.1, 0.15) is 10.7 Å². The maximum absolute atomic E-state index is 13.6. The Morgan fingerprint density at radius 3 is 2.45 bits per heavy atom. The second kappa shape index (κ2) is 7.83. The van der Waals surface area contributed by atoms with Crippen molar-refractivity contribution in [2.24, 2.45) is 4.99 Å². The van der Waals surface area contributed by atoms with Gasteiger partial charge in [-0.3, -0.25) is 9.69 Å². The second-order valence-electron chi connectivity index (χ2n) is 7.26. The fourth-order valence-corrected chi connectivity index (χ4v) is 5.86. The molecule has 0 aromatic heterocycles. The average molecular weight is 446 g/mol. The molecule has 2 aliphatic heterocycles. The van der Waals surface area contributed by atoms with Crippen LogP contribution in [0.15, 0.2) is 92.6 Å². The van der Waals surface area contributed by atoms with Gasteiger partial charge in [0.2, 0.25) is 0 Å². The van der Waals surface area contributed by atoms with Crippen molar-refractivity contribution in [3.63, 3.8) is 0 Å². The van der Waals surface area contributed by atoms with E-state index < -0.39 is 0 Å². The fraction of sp³-hybridized carbons (Fsp3) is 0.0833. The largest absolute Gasteiger partial charge is 0.508 e. The zero-order valence-corrected chi connectivity index (χ0v) is 18.6. The number of para-hydroxylation sites is 1. The first-order valence-electron chi connectivity index (χ1n) is 9.73. The van der Waals surface area contributed by atoms with Crippen LogP contribution in [0.2, 0.25) is 0 Å². The quantitative estimate of drug-likeness (QED) is 0.499. The molecule has 3 aromatic rings. The summed E-state index contributed by atoms with van der Waals surface area (Å²) in [5.74, 6) is 0.0921. The fourth-order valence-electron chi connectivity index (χ4n) is 3.51. The first-order chi connectivity index (χ1) is 15.0. The van der Waals surface area contributed by atoms with Gasteiger partial charge < -0.3 is 10.0 Å². The van der Waals surface area contributed by atoms with Crippen molar-refractivity contribution in [3.8, 4) is 5.75 Å². The van der Waals surface area contributed by atoms with Gasteiger partial charge in [0.25, 0.3) is 5.91 Å². The monoisotopic (exact) mass is 445 g/mol. The minimum atomic E-state index is -0.0877. The van der Waals surface area contributed by atoms with Crippen molar-refractivity contribution in [1.29, 1.82) is 0 Å². The maximum Gasteiger partial charge on any atom is 0.274 e. The van der Waals surface area contributed by atoms with Gasteiger partial charge in [0.15, 0.2) is 5.17 Å². The van der Waals surface area contributed by atoms with Crippen molar-refractivity contribution < 1.29 is 9.90 Å². The standard InChI is InChI=1S/C24H19N3O2S2/c1-15-6-5-7-17(14-15)27-22(29)21(23-26(2)19-8-3-4-9-20(19)30-23)31-24(27)25-16-10-12-18(28)13-11-16/h3-14,28H,1-2H3/b23-21-,25-24?. The first-order valence-corrected chi connectivity index (χ1v) is 11.4. The Labute approximate surface area is 189 Å². The number of thioether (sulfide) groups is 2. The molecule has 154 valence electrons. The predicted octanol–water partition coefficient (Wildman–Crippen LogP) is 5.88. The number of carbonyl (C=O) groups excluding carboxylic acids is 1. The number of fused-ring (bicyclic) bond motifs is 1. The van der Waals surface area contributed by atoms with Crippen molar-refractivity contribution in [2.75, 3.05) is 16.8 Å². The van der Waals surface area contributed by atoms with Gasteiger partial charge in [0, 0.05) is 11.9 Å². The summed E-state index contributed by atoms with van der Waals surface area (Å²) < 4.78 is 0. The lowest BCUT2D eigenvalue weighted by atomic mass is 10.2. The lowest BCUT2D eigenvalue weighted by Gasteiger charge is -2.17. The maximum atomic E-state index is 13.6. The van der Waals surface area contributed by atoms with Crippen molar-refractivity contribution >= 4 is 51.7 Å². The van der Waals surface area contributed by atoms with Gasteiger partial charge in [-0.15, -0.1) is 0 Å². The lowest BCUT2D eigenvalue weighted by Crippen LogP contribution is -2.29. The molecule has 3 aromatic carbocycles. The van der Waals surface area contributed by atoms with Gasteiger partial charge >= 0.3 is 0 Å². The molecule has 5 rings (SSSR count). The summed E-state index contributed by atoms with van der Waals surface area (Å²) in [7, 11) is 1.99. The molecular weight excluding hydrogens is 426 g/mol. The normalized spacial score (nSPS) is 19.4. The Hall–Kier alpha value is -3.16. The molecule has 0 atom stereocenters. The van der Waals surface area contributed by atoms with Crippen LogP contribution in [0, 0.1) is 6.92 Å². The number of rotatable bonds is 2. The highest BCUT2D eigenvalue weighted by Gasteiger charge is 2.40. The van der Waals surface area contributed by atoms with Crippen LogP contribution in [0.5, 0.6) is 5.75 Å². The molecule has 1 saturated heterocycles. The molecule has 0 radical (unpaired) electrons. The first kappa shape index (κ1) is 19.8. The number of nitrogens with zero attached hydrogens (tertiary/aromatic N) is 3. The van der Waals surface area contributed by atoms with E-state index in [-0.39, 0.29) is 11.7 Å². The number of phenolic OH excluding ortho intramolecular Hbond substituents is 1. The van der Waals surface area contributed by atoms with E-state index in [0.717, 1.165) is 26.9 Å². The highest BCUT2D eigenvalue weighted by molar-refractivity contribution is 8.20. The van der Waals surface area contributed by atoms with Crippen LogP contribution in [-0.4, -0.2) is 23.2 Å². The molecule has 2 heterocycles. The molecule has 0 aliphatic carbocycles. The number of benzene rings is 3.